The molecule has 20 heavy (non-hydrogen) atoms. The summed E-state index contributed by atoms with van der Waals surface area (Å²) in [6.45, 7) is 4.04. The molecule has 1 aromatic carbocycles. The highest BCUT2D eigenvalue weighted by molar-refractivity contribution is 9.10. The minimum atomic E-state index is 0.336. The summed E-state index contributed by atoms with van der Waals surface area (Å²) in [7, 11) is 0. The summed E-state index contributed by atoms with van der Waals surface area (Å²) < 4.78 is 1.09. The van der Waals surface area contributed by atoms with Gasteiger partial charge in [-0.2, -0.15) is 5.10 Å². The van der Waals surface area contributed by atoms with E-state index in [1.807, 2.05) is 0 Å². The third kappa shape index (κ3) is 2.60. The fourth-order valence-corrected chi connectivity index (χ4v) is 2.98. The smallest absolute Gasteiger partial charge is 0.158 e. The molecule has 0 bridgehead atoms. The van der Waals surface area contributed by atoms with Gasteiger partial charge in [0, 0.05) is 34.9 Å². The first-order chi connectivity index (χ1) is 9.65. The summed E-state index contributed by atoms with van der Waals surface area (Å²) in [5, 5.41) is 7.64. The first-order valence-corrected chi connectivity index (χ1v) is 7.76. The molecule has 3 rings (SSSR count). The van der Waals surface area contributed by atoms with Gasteiger partial charge in [-0.05, 0) is 37.5 Å². The number of anilines is 1. The molecular formula is C15H19BrN4. The highest BCUT2D eigenvalue weighted by Crippen LogP contribution is 2.33. The van der Waals surface area contributed by atoms with Crippen LogP contribution in [0.3, 0.4) is 0 Å². The molecule has 1 aromatic heterocycles. The number of piperidine rings is 1. The van der Waals surface area contributed by atoms with E-state index in [-0.39, 0.29) is 0 Å². The summed E-state index contributed by atoms with van der Waals surface area (Å²) >= 11 is 3.48. The number of aromatic amines is 1. The summed E-state index contributed by atoms with van der Waals surface area (Å²) in [6.07, 6.45) is 2.07. The summed E-state index contributed by atoms with van der Waals surface area (Å²) in [6, 6.07) is 8.72. The molecule has 1 aliphatic heterocycles. The Balaban J connectivity index is 1.95. The van der Waals surface area contributed by atoms with E-state index in [2.05, 4.69) is 62.2 Å². The van der Waals surface area contributed by atoms with Gasteiger partial charge >= 0.3 is 0 Å². The number of rotatable bonds is 2. The van der Waals surface area contributed by atoms with Crippen LogP contribution in [0.25, 0.3) is 11.1 Å². The Morgan fingerprint density at radius 3 is 2.55 bits per heavy atom. The third-order valence-electron chi connectivity index (χ3n) is 3.90. The second-order valence-corrected chi connectivity index (χ2v) is 6.29. The molecule has 0 amide bonds. The van der Waals surface area contributed by atoms with Crippen LogP contribution in [0, 0.1) is 6.92 Å². The zero-order chi connectivity index (χ0) is 14.1. The van der Waals surface area contributed by atoms with Crippen LogP contribution in [0.1, 0.15) is 18.5 Å². The fraction of sp³-hybridized carbons (Fsp3) is 0.400. The lowest BCUT2D eigenvalue weighted by Crippen LogP contribution is -2.40. The van der Waals surface area contributed by atoms with Gasteiger partial charge in [0.05, 0.1) is 0 Å². The monoisotopic (exact) mass is 334 g/mol. The molecule has 1 fully saturated rings. The van der Waals surface area contributed by atoms with Gasteiger partial charge in [-0.15, -0.1) is 0 Å². The largest absolute Gasteiger partial charge is 0.355 e. The van der Waals surface area contributed by atoms with Crippen LogP contribution in [-0.2, 0) is 0 Å². The van der Waals surface area contributed by atoms with Crippen LogP contribution >= 0.6 is 15.9 Å². The van der Waals surface area contributed by atoms with Crippen molar-refractivity contribution in [3.05, 3.63) is 34.4 Å². The van der Waals surface area contributed by atoms with Crippen LogP contribution in [0.4, 0.5) is 5.82 Å². The number of nitrogens with zero attached hydrogens (tertiary/aromatic N) is 2. The van der Waals surface area contributed by atoms with Crippen molar-refractivity contribution in [1.82, 2.24) is 10.2 Å². The lowest BCUT2D eigenvalue weighted by atomic mass is 10.0. The van der Waals surface area contributed by atoms with Gasteiger partial charge in [0.1, 0.15) is 0 Å². The molecule has 1 aliphatic rings. The third-order valence-corrected chi connectivity index (χ3v) is 4.43. The molecule has 106 valence electrons. The van der Waals surface area contributed by atoms with E-state index in [0.717, 1.165) is 41.9 Å². The molecule has 0 unspecified atom stereocenters. The molecule has 0 aliphatic carbocycles. The molecule has 5 heteroatoms. The molecular weight excluding hydrogens is 316 g/mol. The van der Waals surface area contributed by atoms with Gasteiger partial charge in [-0.1, -0.05) is 28.1 Å². The standard InChI is InChI=1S/C15H19BrN4/c1-10-14(11-2-4-12(16)5-3-11)15(19-18-10)20-8-6-13(17)7-9-20/h2-5,13H,6-9,17H2,1H3,(H,18,19). The van der Waals surface area contributed by atoms with Crippen LogP contribution in [0.2, 0.25) is 0 Å². The van der Waals surface area contributed by atoms with Gasteiger partial charge in [0.15, 0.2) is 5.82 Å². The topological polar surface area (TPSA) is 57.9 Å². The Morgan fingerprint density at radius 1 is 1.25 bits per heavy atom. The Kier molecular flexibility index (Phi) is 3.81. The summed E-state index contributed by atoms with van der Waals surface area (Å²) in [5.74, 6) is 1.05. The van der Waals surface area contributed by atoms with Crippen molar-refractivity contribution in [3.63, 3.8) is 0 Å². The Bertz CT molecular complexity index is 582. The van der Waals surface area contributed by atoms with Crippen LogP contribution in [0.5, 0.6) is 0 Å². The van der Waals surface area contributed by atoms with E-state index in [9.17, 15) is 0 Å². The molecule has 0 radical (unpaired) electrons. The predicted octanol–water partition coefficient (Wildman–Crippen LogP) is 3.08. The molecule has 3 N–H and O–H groups in total. The van der Waals surface area contributed by atoms with E-state index in [4.69, 9.17) is 5.73 Å². The van der Waals surface area contributed by atoms with Crippen molar-refractivity contribution in [2.75, 3.05) is 18.0 Å². The summed E-state index contributed by atoms with van der Waals surface area (Å²) in [4.78, 5) is 2.34. The lowest BCUT2D eigenvalue weighted by Gasteiger charge is -2.31. The van der Waals surface area contributed by atoms with Crippen molar-refractivity contribution in [2.24, 2.45) is 5.73 Å². The number of halogens is 1. The van der Waals surface area contributed by atoms with Gasteiger partial charge in [-0.3, -0.25) is 5.10 Å². The second-order valence-electron chi connectivity index (χ2n) is 5.38. The molecule has 0 atom stereocenters. The van der Waals surface area contributed by atoms with Crippen molar-refractivity contribution >= 4 is 21.7 Å². The first kappa shape index (κ1) is 13.6. The number of aromatic nitrogens is 2. The van der Waals surface area contributed by atoms with Gasteiger partial charge in [-0.25, -0.2) is 0 Å². The number of benzene rings is 1. The van der Waals surface area contributed by atoms with E-state index in [1.54, 1.807) is 0 Å². The average Bonchev–Trinajstić information content (AvgIpc) is 2.83. The SMILES string of the molecule is Cc1[nH]nc(N2CCC(N)CC2)c1-c1ccc(Br)cc1. The van der Waals surface area contributed by atoms with Crippen molar-refractivity contribution < 1.29 is 0 Å². The molecule has 2 heterocycles. The quantitative estimate of drug-likeness (QED) is 0.887. The molecule has 0 saturated carbocycles. The van der Waals surface area contributed by atoms with Gasteiger partial charge in [0.2, 0.25) is 0 Å². The minimum Gasteiger partial charge on any atom is -0.355 e. The van der Waals surface area contributed by atoms with E-state index in [1.165, 1.54) is 11.1 Å². The number of hydrogen-bond donors (Lipinski definition) is 2. The minimum absolute atomic E-state index is 0.336. The number of nitrogens with two attached hydrogens (primary N) is 1. The number of hydrogen-bond acceptors (Lipinski definition) is 3. The zero-order valence-electron chi connectivity index (χ0n) is 11.6. The van der Waals surface area contributed by atoms with E-state index >= 15 is 0 Å². The van der Waals surface area contributed by atoms with Gasteiger partial charge in [0.25, 0.3) is 0 Å². The second kappa shape index (κ2) is 5.58. The lowest BCUT2D eigenvalue weighted by molar-refractivity contribution is 0.498. The Labute approximate surface area is 127 Å². The molecule has 2 aromatic rings. The maximum atomic E-state index is 5.99. The predicted molar refractivity (Wildman–Crippen MR) is 85.9 cm³/mol. The van der Waals surface area contributed by atoms with Crippen LogP contribution < -0.4 is 10.6 Å². The number of aryl methyl sites for hydroxylation is 1. The first-order valence-electron chi connectivity index (χ1n) is 6.96. The highest BCUT2D eigenvalue weighted by Gasteiger charge is 2.22. The normalized spacial score (nSPS) is 16.6. The maximum absolute atomic E-state index is 5.99. The molecule has 1 saturated heterocycles. The fourth-order valence-electron chi connectivity index (χ4n) is 2.72. The molecule has 4 nitrogen and oxygen atoms in total. The van der Waals surface area contributed by atoms with E-state index in [0.29, 0.717) is 6.04 Å². The maximum Gasteiger partial charge on any atom is 0.158 e. The zero-order valence-corrected chi connectivity index (χ0v) is 13.2. The van der Waals surface area contributed by atoms with E-state index < -0.39 is 0 Å². The van der Waals surface area contributed by atoms with Crippen molar-refractivity contribution in [3.8, 4) is 11.1 Å². The van der Waals surface area contributed by atoms with Crippen LogP contribution in [0.15, 0.2) is 28.7 Å². The van der Waals surface area contributed by atoms with Gasteiger partial charge < -0.3 is 10.6 Å². The van der Waals surface area contributed by atoms with Crippen molar-refractivity contribution in [2.45, 2.75) is 25.8 Å². The molecule has 0 spiro atoms. The average molecular weight is 335 g/mol. The Morgan fingerprint density at radius 2 is 1.90 bits per heavy atom. The number of H-pyrrole nitrogens is 1. The number of nitrogens with one attached hydrogen (secondary N) is 1. The Hall–Kier alpha value is -1.33. The summed E-state index contributed by atoms with van der Waals surface area (Å²) in [5.41, 5.74) is 9.49. The van der Waals surface area contributed by atoms with Crippen molar-refractivity contribution in [1.29, 1.82) is 0 Å². The van der Waals surface area contributed by atoms with Crippen LogP contribution in [-0.4, -0.2) is 29.3 Å². The highest BCUT2D eigenvalue weighted by atomic mass is 79.9.